The average molecular weight is 693 g/mol. The van der Waals surface area contributed by atoms with Gasteiger partial charge in [0, 0.05) is 16.7 Å². The third kappa shape index (κ3) is 45.6. The lowest BCUT2D eigenvalue weighted by Gasteiger charge is -2.05. The Bertz CT molecular complexity index is 815. The molecule has 49 heavy (non-hydrogen) atoms. The molecule has 0 aromatic rings. The molecule has 0 aromatic heterocycles. The van der Waals surface area contributed by atoms with Crippen LogP contribution in [0.25, 0.3) is 0 Å². The summed E-state index contributed by atoms with van der Waals surface area (Å²) in [7, 11) is 1.33. The van der Waals surface area contributed by atoms with Crippen LogP contribution in [-0.4, -0.2) is 38.2 Å². The summed E-state index contributed by atoms with van der Waals surface area (Å²) < 4.78 is 14.4. The van der Waals surface area contributed by atoms with Crippen LogP contribution in [0.5, 0.6) is 0 Å². The maximum absolute atomic E-state index is 11.2. The van der Waals surface area contributed by atoms with Crippen molar-refractivity contribution in [2.45, 2.75) is 202 Å². The molecule has 0 aromatic carbocycles. The van der Waals surface area contributed by atoms with E-state index < -0.39 is 0 Å². The van der Waals surface area contributed by atoms with Crippen molar-refractivity contribution in [3.8, 4) is 0 Å². The number of methoxy groups -OCH3 is 1. The van der Waals surface area contributed by atoms with E-state index in [1.165, 1.54) is 161 Å². The molecule has 0 unspecified atom stereocenters. The molecule has 0 N–H and O–H groups in total. The number of hydrogen-bond acceptors (Lipinski definition) is 6. The summed E-state index contributed by atoms with van der Waals surface area (Å²) in [6.45, 7) is 21.1. The lowest BCUT2D eigenvalue weighted by Crippen LogP contribution is -2.05. The van der Waals surface area contributed by atoms with Crippen LogP contribution in [0.4, 0.5) is 0 Å². The summed E-state index contributed by atoms with van der Waals surface area (Å²) in [5.74, 6) is -0.859. The van der Waals surface area contributed by atoms with Gasteiger partial charge in [-0.3, -0.25) is 0 Å². The molecule has 0 spiro atoms. The van der Waals surface area contributed by atoms with Crippen molar-refractivity contribution in [1.29, 1.82) is 0 Å². The zero-order valence-corrected chi connectivity index (χ0v) is 33.4. The predicted octanol–water partition coefficient (Wildman–Crippen LogP) is 13.1. The molecule has 0 aliphatic rings. The fourth-order valence-electron chi connectivity index (χ4n) is 4.99. The minimum absolute atomic E-state index is 0.254. The molecule has 0 aliphatic carbocycles. The van der Waals surface area contributed by atoms with Gasteiger partial charge < -0.3 is 14.2 Å². The molecule has 0 radical (unpaired) electrons. The molecular formula is C43H80O6. The standard InChI is InChI=1S/C22H42O2.C16H30O2.C5H8O2/c1-4-5-6-7-8-9-10-11-12-13-14-15-16-17-18-19-20-24-22(23)21(2)3;1-4-5-6-7-8-9-10-11-12-13-14-18-16(17)15(2)3;1-4(2)5(6)7-3/h2,4-20H2,1,3H3;2,4-14H2,1,3H3;1H2,2-3H3. The maximum atomic E-state index is 11.2. The van der Waals surface area contributed by atoms with Crippen molar-refractivity contribution >= 4 is 17.9 Å². The average Bonchev–Trinajstić information content (AvgIpc) is 3.08. The first-order valence-corrected chi connectivity index (χ1v) is 19.9. The lowest BCUT2D eigenvalue weighted by atomic mass is 10.0. The van der Waals surface area contributed by atoms with Crippen molar-refractivity contribution in [2.75, 3.05) is 20.3 Å². The number of carbonyl (C=O) groups excluding carboxylic acids is 3. The molecule has 0 saturated carbocycles. The minimum atomic E-state index is -0.347. The van der Waals surface area contributed by atoms with Gasteiger partial charge in [0.15, 0.2) is 0 Å². The second-order valence-electron chi connectivity index (χ2n) is 13.6. The first-order valence-electron chi connectivity index (χ1n) is 19.9. The number of ether oxygens (including phenoxy) is 3. The molecule has 0 atom stereocenters. The summed E-state index contributed by atoms with van der Waals surface area (Å²) in [5, 5.41) is 0. The Morgan fingerprint density at radius 1 is 0.367 bits per heavy atom. The van der Waals surface area contributed by atoms with E-state index in [1.54, 1.807) is 20.8 Å². The number of rotatable bonds is 31. The largest absolute Gasteiger partial charge is 0.466 e. The van der Waals surface area contributed by atoms with E-state index in [2.05, 4.69) is 38.3 Å². The third-order valence-corrected chi connectivity index (χ3v) is 8.19. The van der Waals surface area contributed by atoms with Crippen LogP contribution in [0.3, 0.4) is 0 Å². The SMILES string of the molecule is C=C(C)C(=O)OC.C=C(C)C(=O)OCCCCCCCCCCCC.C=C(C)C(=O)OCCCCCCCCCCCCCCCCCC. The van der Waals surface area contributed by atoms with Gasteiger partial charge >= 0.3 is 17.9 Å². The normalized spacial score (nSPS) is 10.2. The first-order chi connectivity index (χ1) is 23.5. The lowest BCUT2D eigenvalue weighted by molar-refractivity contribution is -0.139. The summed E-state index contributed by atoms with van der Waals surface area (Å²) in [6.07, 6.45) is 34.7. The van der Waals surface area contributed by atoms with Gasteiger partial charge in [-0.05, 0) is 33.6 Å². The van der Waals surface area contributed by atoms with E-state index >= 15 is 0 Å². The Morgan fingerprint density at radius 3 is 0.735 bits per heavy atom. The second kappa shape index (κ2) is 41.8. The van der Waals surface area contributed by atoms with E-state index in [-0.39, 0.29) is 17.9 Å². The van der Waals surface area contributed by atoms with Crippen molar-refractivity contribution in [3.63, 3.8) is 0 Å². The number of hydrogen-bond donors (Lipinski definition) is 0. The second-order valence-corrected chi connectivity index (χ2v) is 13.6. The highest BCUT2D eigenvalue weighted by molar-refractivity contribution is 5.87. The summed E-state index contributed by atoms with van der Waals surface area (Å²) >= 11 is 0. The summed E-state index contributed by atoms with van der Waals surface area (Å²) in [5.41, 5.74) is 1.41. The van der Waals surface area contributed by atoms with Gasteiger partial charge in [0.05, 0.1) is 20.3 Å². The van der Waals surface area contributed by atoms with E-state index in [9.17, 15) is 14.4 Å². The van der Waals surface area contributed by atoms with Crippen molar-refractivity contribution in [1.82, 2.24) is 0 Å². The highest BCUT2D eigenvalue weighted by Gasteiger charge is 2.03. The Hall–Kier alpha value is -2.37. The third-order valence-electron chi connectivity index (χ3n) is 8.19. The molecule has 0 saturated heterocycles. The predicted molar refractivity (Wildman–Crippen MR) is 210 cm³/mol. The fraction of sp³-hybridized carbons (Fsp3) is 0.791. The van der Waals surface area contributed by atoms with Gasteiger partial charge in [0.25, 0.3) is 0 Å². The van der Waals surface area contributed by atoms with Gasteiger partial charge in [-0.1, -0.05) is 188 Å². The molecule has 0 amide bonds. The molecule has 0 rings (SSSR count). The smallest absolute Gasteiger partial charge is 0.333 e. The van der Waals surface area contributed by atoms with Crippen molar-refractivity contribution in [2.24, 2.45) is 0 Å². The van der Waals surface area contributed by atoms with Gasteiger partial charge in [-0.25, -0.2) is 14.4 Å². The van der Waals surface area contributed by atoms with Crippen LogP contribution < -0.4 is 0 Å². The van der Waals surface area contributed by atoms with E-state index in [4.69, 9.17) is 9.47 Å². The molecule has 0 heterocycles. The van der Waals surface area contributed by atoms with Crippen molar-refractivity contribution < 1.29 is 28.6 Å². The van der Waals surface area contributed by atoms with Crippen LogP contribution >= 0.6 is 0 Å². The summed E-state index contributed by atoms with van der Waals surface area (Å²) in [4.78, 5) is 32.5. The van der Waals surface area contributed by atoms with E-state index in [1.807, 2.05) is 0 Å². The maximum Gasteiger partial charge on any atom is 0.333 e. The fourth-order valence-corrected chi connectivity index (χ4v) is 4.99. The van der Waals surface area contributed by atoms with Crippen LogP contribution in [0.1, 0.15) is 202 Å². The molecule has 6 heteroatoms. The molecule has 288 valence electrons. The van der Waals surface area contributed by atoms with Gasteiger partial charge in [-0.15, -0.1) is 0 Å². The van der Waals surface area contributed by atoms with E-state index in [0.717, 1.165) is 12.8 Å². The minimum Gasteiger partial charge on any atom is -0.466 e. The first kappa shape index (κ1) is 51.0. The van der Waals surface area contributed by atoms with Crippen LogP contribution in [0.15, 0.2) is 36.5 Å². The topological polar surface area (TPSA) is 78.9 Å². The Labute approximate surface area is 304 Å². The van der Waals surface area contributed by atoms with Crippen LogP contribution in [-0.2, 0) is 28.6 Å². The number of unbranched alkanes of at least 4 members (excludes halogenated alkanes) is 24. The van der Waals surface area contributed by atoms with Crippen LogP contribution in [0.2, 0.25) is 0 Å². The highest BCUT2D eigenvalue weighted by atomic mass is 16.5. The number of esters is 3. The zero-order chi connectivity index (χ0) is 37.4. The Balaban J connectivity index is -0.000000741. The summed E-state index contributed by atoms with van der Waals surface area (Å²) in [6, 6.07) is 0. The molecule has 0 bridgehead atoms. The molecule has 0 fully saturated rings. The van der Waals surface area contributed by atoms with Gasteiger partial charge in [-0.2, -0.15) is 0 Å². The zero-order valence-electron chi connectivity index (χ0n) is 33.4. The Kier molecular flexibility index (Phi) is 43.5. The molecular weight excluding hydrogens is 612 g/mol. The quantitative estimate of drug-likeness (QED) is 0.0311. The van der Waals surface area contributed by atoms with Gasteiger partial charge in [0.1, 0.15) is 0 Å². The molecule has 6 nitrogen and oxygen atoms in total. The molecule has 0 aliphatic heterocycles. The monoisotopic (exact) mass is 693 g/mol. The number of carbonyl (C=O) groups is 3. The van der Waals surface area contributed by atoms with E-state index in [0.29, 0.717) is 29.9 Å². The van der Waals surface area contributed by atoms with Crippen molar-refractivity contribution in [3.05, 3.63) is 36.5 Å². The highest BCUT2D eigenvalue weighted by Crippen LogP contribution is 2.14. The Morgan fingerprint density at radius 2 is 0.571 bits per heavy atom. The van der Waals surface area contributed by atoms with Crippen LogP contribution in [0, 0.1) is 0 Å². The van der Waals surface area contributed by atoms with Gasteiger partial charge in [0.2, 0.25) is 0 Å².